The molecule has 0 aliphatic heterocycles. The van der Waals surface area contributed by atoms with Crippen LogP contribution in [0, 0.1) is 20.8 Å². The molecule has 0 fully saturated rings. The molecule has 0 bridgehead atoms. The molecule has 2 heterocycles. The number of hydrogen-bond acceptors (Lipinski definition) is 4. The number of para-hydroxylation sites is 1. The van der Waals surface area contributed by atoms with Crippen LogP contribution in [0.25, 0.3) is 0 Å². The van der Waals surface area contributed by atoms with Gasteiger partial charge < -0.3 is 10.6 Å². The summed E-state index contributed by atoms with van der Waals surface area (Å²) >= 11 is 1.60. The van der Waals surface area contributed by atoms with Gasteiger partial charge in [-0.3, -0.25) is 14.3 Å². The van der Waals surface area contributed by atoms with Crippen LogP contribution in [0.2, 0.25) is 0 Å². The maximum atomic E-state index is 12.3. The lowest BCUT2D eigenvalue weighted by molar-refractivity contribution is -0.136. The fourth-order valence-electron chi connectivity index (χ4n) is 2.91. The predicted molar refractivity (Wildman–Crippen MR) is 107 cm³/mol. The van der Waals surface area contributed by atoms with Crippen molar-refractivity contribution < 1.29 is 9.59 Å². The minimum absolute atomic E-state index is 0.158. The fraction of sp³-hybridized carbons (Fsp3) is 0.250. The topological polar surface area (TPSA) is 76.0 Å². The first-order valence-electron chi connectivity index (χ1n) is 8.66. The standard InChI is InChI=1S/C20H22N4O2S/c1-13-7-4-5-8-16(13)22-20(26)19(25)21-12-17(18-9-6-10-27-18)24-15(3)11-14(2)23-24/h4-11,17H,12H2,1-3H3,(H,21,25)(H,22,26). The molecule has 6 nitrogen and oxygen atoms in total. The number of nitrogens with zero attached hydrogens (tertiary/aromatic N) is 2. The molecule has 0 radical (unpaired) electrons. The highest BCUT2D eigenvalue weighted by Gasteiger charge is 2.21. The quantitative estimate of drug-likeness (QED) is 0.665. The Hall–Kier alpha value is -2.93. The Balaban J connectivity index is 1.70. The maximum Gasteiger partial charge on any atom is 0.313 e. The third-order valence-electron chi connectivity index (χ3n) is 4.27. The second kappa shape index (κ2) is 8.18. The third-order valence-corrected chi connectivity index (χ3v) is 5.24. The number of thiophene rings is 1. The van der Waals surface area contributed by atoms with E-state index in [2.05, 4.69) is 15.7 Å². The molecule has 0 aliphatic carbocycles. The van der Waals surface area contributed by atoms with Crippen LogP contribution in [0.5, 0.6) is 0 Å². The first-order valence-corrected chi connectivity index (χ1v) is 9.54. The lowest BCUT2D eigenvalue weighted by Gasteiger charge is -2.19. The van der Waals surface area contributed by atoms with Crippen LogP contribution >= 0.6 is 11.3 Å². The number of anilines is 1. The highest BCUT2D eigenvalue weighted by atomic mass is 32.1. The SMILES string of the molecule is Cc1cc(C)n(C(CNC(=O)C(=O)Nc2ccccc2C)c2cccs2)n1. The zero-order valence-corrected chi connectivity index (χ0v) is 16.3. The zero-order chi connectivity index (χ0) is 19.4. The molecule has 0 aliphatic rings. The van der Waals surface area contributed by atoms with E-state index in [4.69, 9.17) is 0 Å². The summed E-state index contributed by atoms with van der Waals surface area (Å²) in [5.41, 5.74) is 3.45. The maximum absolute atomic E-state index is 12.3. The van der Waals surface area contributed by atoms with Crippen molar-refractivity contribution >= 4 is 28.8 Å². The van der Waals surface area contributed by atoms with Crippen LogP contribution < -0.4 is 10.6 Å². The number of carbonyl (C=O) groups is 2. The van der Waals surface area contributed by atoms with Crippen LogP contribution in [0.4, 0.5) is 5.69 Å². The molecule has 2 N–H and O–H groups in total. The summed E-state index contributed by atoms with van der Waals surface area (Å²) in [7, 11) is 0. The van der Waals surface area contributed by atoms with E-state index in [0.29, 0.717) is 5.69 Å². The van der Waals surface area contributed by atoms with Crippen LogP contribution in [0.3, 0.4) is 0 Å². The smallest absolute Gasteiger partial charge is 0.313 e. The number of carbonyl (C=O) groups excluding carboxylic acids is 2. The minimum atomic E-state index is -0.678. The van der Waals surface area contributed by atoms with Gasteiger partial charge in [-0.2, -0.15) is 5.10 Å². The lowest BCUT2D eigenvalue weighted by atomic mass is 10.2. The summed E-state index contributed by atoms with van der Waals surface area (Å²) in [6, 6.07) is 13.1. The molecular formula is C20H22N4O2S. The molecular weight excluding hydrogens is 360 g/mol. The van der Waals surface area contributed by atoms with Crippen molar-refractivity contribution in [2.75, 3.05) is 11.9 Å². The number of rotatable bonds is 5. The molecule has 2 aromatic heterocycles. The second-order valence-electron chi connectivity index (χ2n) is 6.38. The van der Waals surface area contributed by atoms with Crippen molar-refractivity contribution in [3.63, 3.8) is 0 Å². The molecule has 1 aromatic carbocycles. The van der Waals surface area contributed by atoms with Crippen molar-refractivity contribution in [2.45, 2.75) is 26.8 Å². The molecule has 1 atom stereocenters. The normalized spacial score (nSPS) is 11.8. The van der Waals surface area contributed by atoms with Crippen LogP contribution in [-0.4, -0.2) is 28.1 Å². The summed E-state index contributed by atoms with van der Waals surface area (Å²) in [6.45, 7) is 6.07. The van der Waals surface area contributed by atoms with Gasteiger partial charge in [0.15, 0.2) is 0 Å². The number of aryl methyl sites for hydroxylation is 3. The molecule has 3 aromatic rings. The number of hydrogen-bond donors (Lipinski definition) is 2. The summed E-state index contributed by atoms with van der Waals surface area (Å²) < 4.78 is 1.89. The summed E-state index contributed by atoms with van der Waals surface area (Å²) in [6.07, 6.45) is 0. The molecule has 140 valence electrons. The average molecular weight is 382 g/mol. The van der Waals surface area contributed by atoms with Crippen molar-refractivity contribution in [3.05, 3.63) is 69.7 Å². The van der Waals surface area contributed by atoms with Gasteiger partial charge in [-0.05, 0) is 49.9 Å². The first-order chi connectivity index (χ1) is 13.0. The molecule has 0 spiro atoms. The molecule has 2 amide bonds. The zero-order valence-electron chi connectivity index (χ0n) is 15.5. The predicted octanol–water partition coefficient (Wildman–Crippen LogP) is 3.21. The Morgan fingerprint density at radius 3 is 2.52 bits per heavy atom. The van der Waals surface area contributed by atoms with E-state index >= 15 is 0 Å². The highest BCUT2D eigenvalue weighted by Crippen LogP contribution is 2.24. The molecule has 27 heavy (non-hydrogen) atoms. The van der Waals surface area contributed by atoms with Crippen LogP contribution in [0.1, 0.15) is 27.9 Å². The number of amides is 2. The Kier molecular flexibility index (Phi) is 5.71. The second-order valence-corrected chi connectivity index (χ2v) is 7.36. The average Bonchev–Trinajstić information content (AvgIpc) is 3.27. The monoisotopic (exact) mass is 382 g/mol. The summed E-state index contributed by atoms with van der Waals surface area (Å²) in [5, 5.41) is 11.9. The van der Waals surface area contributed by atoms with E-state index in [1.54, 1.807) is 17.4 Å². The largest absolute Gasteiger partial charge is 0.345 e. The van der Waals surface area contributed by atoms with Gasteiger partial charge in [0, 0.05) is 22.8 Å². The first kappa shape index (κ1) is 18.8. The van der Waals surface area contributed by atoms with E-state index in [0.717, 1.165) is 21.8 Å². The Labute approximate surface area is 162 Å². The van der Waals surface area contributed by atoms with E-state index in [1.165, 1.54) is 0 Å². The number of nitrogens with one attached hydrogen (secondary N) is 2. The van der Waals surface area contributed by atoms with Gasteiger partial charge in [-0.1, -0.05) is 24.3 Å². The van der Waals surface area contributed by atoms with Crippen LogP contribution in [-0.2, 0) is 9.59 Å². The molecule has 0 saturated heterocycles. The van der Waals surface area contributed by atoms with Crippen LogP contribution in [0.15, 0.2) is 47.8 Å². The Bertz CT molecular complexity index is 947. The van der Waals surface area contributed by atoms with Gasteiger partial charge in [0.25, 0.3) is 0 Å². The van der Waals surface area contributed by atoms with Gasteiger partial charge in [-0.25, -0.2) is 0 Å². The number of aromatic nitrogens is 2. The van der Waals surface area contributed by atoms with E-state index in [-0.39, 0.29) is 12.6 Å². The van der Waals surface area contributed by atoms with Gasteiger partial charge >= 0.3 is 11.8 Å². The highest BCUT2D eigenvalue weighted by molar-refractivity contribution is 7.10. The third kappa shape index (κ3) is 4.43. The summed E-state index contributed by atoms with van der Waals surface area (Å²) in [5.74, 6) is -1.34. The van der Waals surface area contributed by atoms with Crippen molar-refractivity contribution in [2.24, 2.45) is 0 Å². The van der Waals surface area contributed by atoms with Crippen molar-refractivity contribution in [1.82, 2.24) is 15.1 Å². The van der Waals surface area contributed by atoms with Crippen molar-refractivity contribution in [1.29, 1.82) is 0 Å². The Morgan fingerprint density at radius 1 is 1.11 bits per heavy atom. The fourth-order valence-corrected chi connectivity index (χ4v) is 3.72. The van der Waals surface area contributed by atoms with E-state index < -0.39 is 11.8 Å². The minimum Gasteiger partial charge on any atom is -0.345 e. The molecule has 1 unspecified atom stereocenters. The van der Waals surface area contributed by atoms with E-state index in [1.807, 2.05) is 67.2 Å². The molecule has 7 heteroatoms. The van der Waals surface area contributed by atoms with Gasteiger partial charge in [0.05, 0.1) is 5.69 Å². The molecule has 3 rings (SSSR count). The van der Waals surface area contributed by atoms with Gasteiger partial charge in [-0.15, -0.1) is 11.3 Å². The van der Waals surface area contributed by atoms with Crippen molar-refractivity contribution in [3.8, 4) is 0 Å². The van der Waals surface area contributed by atoms with Gasteiger partial charge in [0.1, 0.15) is 6.04 Å². The Morgan fingerprint density at radius 2 is 1.89 bits per heavy atom. The van der Waals surface area contributed by atoms with Gasteiger partial charge in [0.2, 0.25) is 0 Å². The lowest BCUT2D eigenvalue weighted by Crippen LogP contribution is -2.39. The number of benzene rings is 1. The summed E-state index contributed by atoms with van der Waals surface area (Å²) in [4.78, 5) is 25.6. The van der Waals surface area contributed by atoms with E-state index in [9.17, 15) is 9.59 Å². The molecule has 0 saturated carbocycles.